The number of hydrogen-bond donors (Lipinski definition) is 1. The summed E-state index contributed by atoms with van der Waals surface area (Å²) in [6, 6.07) is 8.61. The Balaban J connectivity index is 1.56. The van der Waals surface area contributed by atoms with E-state index in [1.807, 2.05) is 0 Å². The molecule has 25 heavy (non-hydrogen) atoms. The van der Waals surface area contributed by atoms with Gasteiger partial charge < -0.3 is 14.6 Å². The fourth-order valence-electron chi connectivity index (χ4n) is 2.16. The lowest BCUT2D eigenvalue weighted by molar-refractivity contribution is -0.116. The van der Waals surface area contributed by atoms with Crippen LogP contribution in [0.25, 0.3) is 11.4 Å². The van der Waals surface area contributed by atoms with Gasteiger partial charge >= 0.3 is 0 Å². The number of rotatable bonds is 6. The number of aromatic nitrogens is 3. The van der Waals surface area contributed by atoms with Crippen molar-refractivity contribution in [2.45, 2.75) is 12.8 Å². The van der Waals surface area contributed by atoms with Crippen molar-refractivity contribution in [1.29, 1.82) is 0 Å². The first-order chi connectivity index (χ1) is 12.2. The molecule has 0 saturated heterocycles. The quantitative estimate of drug-likeness (QED) is 0.726. The second-order valence-electron chi connectivity index (χ2n) is 5.15. The van der Waals surface area contributed by atoms with Crippen molar-refractivity contribution >= 4 is 23.2 Å². The molecule has 1 aromatic carbocycles. The van der Waals surface area contributed by atoms with Gasteiger partial charge in [0.15, 0.2) is 0 Å². The molecule has 0 atom stereocenters. The minimum atomic E-state index is -0.176. The third-order valence-electron chi connectivity index (χ3n) is 3.41. The van der Waals surface area contributed by atoms with Gasteiger partial charge in [-0.05, 0) is 30.3 Å². The van der Waals surface area contributed by atoms with Crippen molar-refractivity contribution < 1.29 is 14.1 Å². The maximum atomic E-state index is 12.0. The smallest absolute Gasteiger partial charge is 0.227 e. The number of carbonyl (C=O) groups excluding carboxylic acids is 1. The van der Waals surface area contributed by atoms with Gasteiger partial charge in [-0.25, -0.2) is 0 Å². The van der Waals surface area contributed by atoms with Gasteiger partial charge in [-0.3, -0.25) is 9.78 Å². The van der Waals surface area contributed by atoms with Crippen LogP contribution < -0.4 is 10.1 Å². The van der Waals surface area contributed by atoms with Crippen molar-refractivity contribution in [2.75, 3.05) is 12.4 Å². The van der Waals surface area contributed by atoms with Crippen LogP contribution in [0.1, 0.15) is 12.3 Å². The van der Waals surface area contributed by atoms with Crippen LogP contribution in [0, 0.1) is 0 Å². The van der Waals surface area contributed by atoms with Gasteiger partial charge in [0.1, 0.15) is 5.75 Å². The zero-order valence-electron chi connectivity index (χ0n) is 13.4. The lowest BCUT2D eigenvalue weighted by atomic mass is 10.2. The standard InChI is InChI=1S/C17H15ClN4O3/c1-24-14-3-2-12(10-13(14)18)20-15(23)4-5-16-21-17(22-25-16)11-6-8-19-9-7-11/h2-3,6-10H,4-5H2,1H3,(H,20,23). The number of carbonyl (C=O) groups is 1. The second kappa shape index (κ2) is 7.76. The normalized spacial score (nSPS) is 10.5. The molecule has 1 N–H and O–H groups in total. The molecule has 128 valence electrons. The Labute approximate surface area is 149 Å². The summed E-state index contributed by atoms with van der Waals surface area (Å²) in [6.07, 6.45) is 3.85. The molecule has 0 radical (unpaired) electrons. The third kappa shape index (κ3) is 4.33. The Hall–Kier alpha value is -2.93. The summed E-state index contributed by atoms with van der Waals surface area (Å²) in [4.78, 5) is 20.3. The number of nitrogens with zero attached hydrogens (tertiary/aromatic N) is 3. The molecule has 0 spiro atoms. The topological polar surface area (TPSA) is 90.1 Å². The zero-order valence-corrected chi connectivity index (χ0v) is 14.2. The predicted octanol–water partition coefficient (Wildman–Crippen LogP) is 3.36. The molecular weight excluding hydrogens is 344 g/mol. The summed E-state index contributed by atoms with van der Waals surface area (Å²) in [7, 11) is 1.53. The van der Waals surface area contributed by atoms with E-state index in [9.17, 15) is 4.79 Å². The van der Waals surface area contributed by atoms with E-state index in [2.05, 4.69) is 20.4 Å². The molecular formula is C17H15ClN4O3. The number of nitrogens with one attached hydrogen (secondary N) is 1. The van der Waals surface area contributed by atoms with E-state index in [4.69, 9.17) is 20.9 Å². The van der Waals surface area contributed by atoms with E-state index < -0.39 is 0 Å². The van der Waals surface area contributed by atoms with Crippen LogP contribution in [0.15, 0.2) is 47.2 Å². The molecule has 0 aliphatic heterocycles. The van der Waals surface area contributed by atoms with Crippen molar-refractivity contribution in [3.63, 3.8) is 0 Å². The van der Waals surface area contributed by atoms with E-state index in [1.165, 1.54) is 7.11 Å². The van der Waals surface area contributed by atoms with Crippen LogP contribution in [-0.4, -0.2) is 28.1 Å². The average Bonchev–Trinajstić information content (AvgIpc) is 3.10. The van der Waals surface area contributed by atoms with Crippen LogP contribution in [0.5, 0.6) is 5.75 Å². The highest BCUT2D eigenvalue weighted by Gasteiger charge is 2.11. The molecule has 7 nitrogen and oxygen atoms in total. The molecule has 0 unspecified atom stereocenters. The summed E-state index contributed by atoms with van der Waals surface area (Å²) >= 11 is 6.03. The Morgan fingerprint density at radius 1 is 1.28 bits per heavy atom. The number of methoxy groups -OCH3 is 1. The number of benzene rings is 1. The van der Waals surface area contributed by atoms with E-state index >= 15 is 0 Å². The number of pyridine rings is 1. The Morgan fingerprint density at radius 2 is 2.08 bits per heavy atom. The minimum absolute atomic E-state index is 0.176. The number of halogens is 1. The Bertz CT molecular complexity index is 867. The monoisotopic (exact) mass is 358 g/mol. The SMILES string of the molecule is COc1ccc(NC(=O)CCc2nc(-c3ccncc3)no2)cc1Cl. The summed E-state index contributed by atoms with van der Waals surface area (Å²) in [5.41, 5.74) is 1.40. The Morgan fingerprint density at radius 3 is 2.80 bits per heavy atom. The molecule has 2 aromatic heterocycles. The molecule has 0 aliphatic carbocycles. The summed E-state index contributed by atoms with van der Waals surface area (Å²) in [5.74, 6) is 1.24. The summed E-state index contributed by atoms with van der Waals surface area (Å²) in [6.45, 7) is 0. The van der Waals surface area contributed by atoms with Crippen molar-refractivity contribution in [2.24, 2.45) is 0 Å². The first kappa shape index (κ1) is 16.9. The van der Waals surface area contributed by atoms with Crippen molar-refractivity contribution in [3.05, 3.63) is 53.6 Å². The lowest BCUT2D eigenvalue weighted by Crippen LogP contribution is -2.12. The highest BCUT2D eigenvalue weighted by Crippen LogP contribution is 2.27. The highest BCUT2D eigenvalue weighted by molar-refractivity contribution is 6.32. The molecule has 3 rings (SSSR count). The van der Waals surface area contributed by atoms with Crippen LogP contribution in [-0.2, 0) is 11.2 Å². The molecule has 0 saturated carbocycles. The Kier molecular flexibility index (Phi) is 5.25. The minimum Gasteiger partial charge on any atom is -0.495 e. The molecule has 2 heterocycles. The van der Waals surface area contributed by atoms with Crippen LogP contribution in [0.4, 0.5) is 5.69 Å². The fraction of sp³-hybridized carbons (Fsp3) is 0.176. The first-order valence-electron chi connectivity index (χ1n) is 7.52. The van der Waals surface area contributed by atoms with Gasteiger partial charge in [-0.2, -0.15) is 4.98 Å². The summed E-state index contributed by atoms with van der Waals surface area (Å²) in [5, 5.41) is 7.10. The van der Waals surface area contributed by atoms with Gasteiger partial charge in [0, 0.05) is 36.5 Å². The molecule has 0 fully saturated rings. The fourth-order valence-corrected chi connectivity index (χ4v) is 2.42. The maximum absolute atomic E-state index is 12.0. The molecule has 1 amide bonds. The zero-order chi connectivity index (χ0) is 17.6. The number of ether oxygens (including phenoxy) is 1. The van der Waals surface area contributed by atoms with E-state index in [-0.39, 0.29) is 12.3 Å². The van der Waals surface area contributed by atoms with E-state index in [0.29, 0.717) is 34.6 Å². The van der Waals surface area contributed by atoms with Crippen LogP contribution in [0.3, 0.4) is 0 Å². The maximum Gasteiger partial charge on any atom is 0.227 e. The summed E-state index contributed by atoms with van der Waals surface area (Å²) < 4.78 is 10.2. The molecule has 0 aliphatic rings. The largest absolute Gasteiger partial charge is 0.495 e. The molecule has 3 aromatic rings. The van der Waals surface area contributed by atoms with Gasteiger partial charge in [-0.15, -0.1) is 0 Å². The predicted molar refractivity (Wildman–Crippen MR) is 92.5 cm³/mol. The van der Waals surface area contributed by atoms with Crippen molar-refractivity contribution in [1.82, 2.24) is 15.1 Å². The van der Waals surface area contributed by atoms with Gasteiger partial charge in [0.2, 0.25) is 17.6 Å². The van der Waals surface area contributed by atoms with Crippen LogP contribution in [0.2, 0.25) is 5.02 Å². The highest BCUT2D eigenvalue weighted by atomic mass is 35.5. The second-order valence-corrected chi connectivity index (χ2v) is 5.55. The van der Waals surface area contributed by atoms with Crippen molar-refractivity contribution in [3.8, 4) is 17.1 Å². The lowest BCUT2D eigenvalue weighted by Gasteiger charge is -2.07. The first-order valence-corrected chi connectivity index (χ1v) is 7.90. The number of amides is 1. The average molecular weight is 359 g/mol. The van der Waals surface area contributed by atoms with Gasteiger partial charge in [0.25, 0.3) is 0 Å². The number of hydrogen-bond acceptors (Lipinski definition) is 6. The van der Waals surface area contributed by atoms with Gasteiger partial charge in [-0.1, -0.05) is 16.8 Å². The number of aryl methyl sites for hydroxylation is 1. The third-order valence-corrected chi connectivity index (χ3v) is 3.70. The van der Waals surface area contributed by atoms with E-state index in [1.54, 1.807) is 42.7 Å². The number of anilines is 1. The molecule has 8 heteroatoms. The van der Waals surface area contributed by atoms with E-state index in [0.717, 1.165) is 5.56 Å². The van der Waals surface area contributed by atoms with Gasteiger partial charge in [0.05, 0.1) is 12.1 Å². The van der Waals surface area contributed by atoms with Crippen LogP contribution >= 0.6 is 11.6 Å². The molecule has 0 bridgehead atoms.